The summed E-state index contributed by atoms with van der Waals surface area (Å²) in [6.07, 6.45) is -1.21. The number of aliphatic carboxylic acids is 1. The molecule has 10 nitrogen and oxygen atoms in total. The van der Waals surface area contributed by atoms with Gasteiger partial charge in [-0.05, 0) is 50.7 Å². The van der Waals surface area contributed by atoms with Crippen LogP contribution in [-0.2, 0) is 22.8 Å². The minimum Gasteiger partial charge on any atom is -0.488 e. The van der Waals surface area contributed by atoms with E-state index < -0.39 is 47.8 Å². The van der Waals surface area contributed by atoms with E-state index in [-0.39, 0.29) is 30.4 Å². The number of alkyl halides is 3. The van der Waals surface area contributed by atoms with Gasteiger partial charge in [0.2, 0.25) is 0 Å². The van der Waals surface area contributed by atoms with E-state index in [0.29, 0.717) is 25.0 Å². The van der Waals surface area contributed by atoms with Crippen LogP contribution in [0.15, 0.2) is 12.1 Å². The molecule has 0 radical (unpaired) electrons. The van der Waals surface area contributed by atoms with Crippen LogP contribution in [0.4, 0.5) is 18.0 Å². The number of hydrogen-bond acceptors (Lipinski definition) is 7. The fourth-order valence-electron chi connectivity index (χ4n) is 5.58. The van der Waals surface area contributed by atoms with Crippen molar-refractivity contribution in [2.45, 2.75) is 75.8 Å². The molecular weight excluding hydrogens is 495 g/mol. The standard InChI is InChI=1S/C24H28F3N5O5/c1-31-20(18-12-32(23(35)37-18)14-6-2-3-7-14)19(29-30-31)16-9-10-17(21(28-16)24(25,26)27)36-15-8-4-5-13(11-15)22(33)34/h9-10,13-15,18H,2-8,11-12H2,1H3,(H,33,34)/t13-,15-,18?/m0/s1. The van der Waals surface area contributed by atoms with Crippen molar-refractivity contribution in [2.24, 2.45) is 13.0 Å². The molecule has 2 aromatic heterocycles. The van der Waals surface area contributed by atoms with Gasteiger partial charge in [0, 0.05) is 13.1 Å². The van der Waals surface area contributed by atoms with Crippen LogP contribution in [0.1, 0.15) is 68.9 Å². The van der Waals surface area contributed by atoms with Gasteiger partial charge in [-0.3, -0.25) is 4.79 Å². The molecule has 3 atom stereocenters. The number of pyridine rings is 1. The highest BCUT2D eigenvalue weighted by molar-refractivity contribution is 5.72. The number of halogens is 3. The molecule has 13 heteroatoms. The van der Waals surface area contributed by atoms with Crippen LogP contribution in [0.2, 0.25) is 0 Å². The van der Waals surface area contributed by atoms with Crippen LogP contribution < -0.4 is 4.74 Å². The average molecular weight is 524 g/mol. The van der Waals surface area contributed by atoms with Gasteiger partial charge in [-0.1, -0.05) is 18.1 Å². The lowest BCUT2D eigenvalue weighted by Crippen LogP contribution is -2.34. The van der Waals surface area contributed by atoms with Crippen LogP contribution >= 0.6 is 0 Å². The Labute approximate surface area is 210 Å². The largest absolute Gasteiger partial charge is 0.488 e. The van der Waals surface area contributed by atoms with E-state index in [4.69, 9.17) is 9.47 Å². The number of carboxylic acids is 1. The second-order valence-corrected chi connectivity index (χ2v) is 9.89. The van der Waals surface area contributed by atoms with Crippen molar-refractivity contribution >= 4 is 12.1 Å². The van der Waals surface area contributed by atoms with Gasteiger partial charge in [0.05, 0.1) is 24.3 Å². The third-order valence-corrected chi connectivity index (χ3v) is 7.42. The van der Waals surface area contributed by atoms with Crippen LogP contribution in [0.3, 0.4) is 0 Å². The Kier molecular flexibility index (Phi) is 6.71. The number of aromatic nitrogens is 4. The highest BCUT2D eigenvalue weighted by Gasteiger charge is 2.42. The Bertz CT molecular complexity index is 1180. The van der Waals surface area contributed by atoms with E-state index >= 15 is 0 Å². The molecule has 3 aliphatic rings. The van der Waals surface area contributed by atoms with Gasteiger partial charge in [-0.15, -0.1) is 5.10 Å². The molecule has 37 heavy (non-hydrogen) atoms. The Morgan fingerprint density at radius 2 is 1.92 bits per heavy atom. The van der Waals surface area contributed by atoms with Crippen LogP contribution in [0.25, 0.3) is 11.4 Å². The van der Waals surface area contributed by atoms with Gasteiger partial charge in [-0.2, -0.15) is 13.2 Å². The number of hydrogen-bond donors (Lipinski definition) is 1. The topological polar surface area (TPSA) is 120 Å². The second kappa shape index (κ2) is 9.82. The fourth-order valence-corrected chi connectivity index (χ4v) is 5.58. The molecule has 1 unspecified atom stereocenters. The highest BCUT2D eigenvalue weighted by Crippen LogP contribution is 2.40. The fraction of sp³-hybridized carbons (Fsp3) is 0.625. The van der Waals surface area contributed by atoms with Crippen LogP contribution in [0, 0.1) is 5.92 Å². The first-order chi connectivity index (χ1) is 17.6. The highest BCUT2D eigenvalue weighted by atomic mass is 19.4. The Morgan fingerprint density at radius 1 is 1.16 bits per heavy atom. The zero-order chi connectivity index (χ0) is 26.3. The van der Waals surface area contributed by atoms with Gasteiger partial charge in [0.1, 0.15) is 11.4 Å². The molecule has 1 aliphatic heterocycles. The van der Waals surface area contributed by atoms with Crippen LogP contribution in [0.5, 0.6) is 5.75 Å². The van der Waals surface area contributed by atoms with Gasteiger partial charge in [0.25, 0.3) is 0 Å². The number of nitrogens with zero attached hydrogens (tertiary/aromatic N) is 5. The molecule has 2 aromatic rings. The number of ether oxygens (including phenoxy) is 2. The molecule has 0 bridgehead atoms. The van der Waals surface area contributed by atoms with E-state index in [9.17, 15) is 27.9 Å². The molecule has 200 valence electrons. The summed E-state index contributed by atoms with van der Waals surface area (Å²) in [6, 6.07) is 2.63. The van der Waals surface area contributed by atoms with E-state index in [1.165, 1.54) is 16.8 Å². The van der Waals surface area contributed by atoms with Gasteiger partial charge in [-0.25, -0.2) is 14.5 Å². The number of carboxylic acid groups (broad SMARTS) is 1. The zero-order valence-electron chi connectivity index (χ0n) is 20.3. The molecule has 2 aliphatic carbocycles. The number of carbonyl (C=O) groups excluding carboxylic acids is 1. The van der Waals surface area contributed by atoms with Crippen molar-refractivity contribution in [3.05, 3.63) is 23.5 Å². The average Bonchev–Trinajstić information content (AvgIpc) is 3.59. The summed E-state index contributed by atoms with van der Waals surface area (Å²) in [5, 5.41) is 17.3. The first-order valence-electron chi connectivity index (χ1n) is 12.5. The Morgan fingerprint density at radius 3 is 2.62 bits per heavy atom. The predicted molar refractivity (Wildman–Crippen MR) is 121 cm³/mol. The lowest BCUT2D eigenvalue weighted by molar-refractivity contribution is -0.146. The summed E-state index contributed by atoms with van der Waals surface area (Å²) in [5.74, 6) is -2.09. The first kappa shape index (κ1) is 25.3. The quantitative estimate of drug-likeness (QED) is 0.593. The SMILES string of the molecule is Cn1nnc(-c2ccc(O[C@H]3CCC[C@H](C(=O)O)C3)c(C(F)(F)F)n2)c1C1CN(C2CCCC2)C(=O)O1. The first-order valence-corrected chi connectivity index (χ1v) is 12.5. The van der Waals surface area contributed by atoms with Crippen molar-refractivity contribution in [2.75, 3.05) is 6.54 Å². The van der Waals surface area contributed by atoms with E-state index in [1.54, 1.807) is 11.9 Å². The maximum atomic E-state index is 14.0. The summed E-state index contributed by atoms with van der Waals surface area (Å²) in [7, 11) is 1.59. The molecule has 2 saturated carbocycles. The molecule has 0 aromatic carbocycles. The molecule has 0 spiro atoms. The van der Waals surface area contributed by atoms with Gasteiger partial charge < -0.3 is 19.5 Å². The third-order valence-electron chi connectivity index (χ3n) is 7.42. The zero-order valence-corrected chi connectivity index (χ0v) is 20.3. The molecular formula is C24H28F3N5O5. The van der Waals surface area contributed by atoms with E-state index in [1.807, 2.05) is 0 Å². The lowest BCUT2D eigenvalue weighted by atomic mass is 9.87. The van der Waals surface area contributed by atoms with Crippen molar-refractivity contribution in [3.63, 3.8) is 0 Å². The maximum absolute atomic E-state index is 14.0. The molecule has 3 heterocycles. The van der Waals surface area contributed by atoms with Gasteiger partial charge >= 0.3 is 18.2 Å². The number of aryl methyl sites for hydroxylation is 1. The lowest BCUT2D eigenvalue weighted by Gasteiger charge is -2.28. The summed E-state index contributed by atoms with van der Waals surface area (Å²) < 4.78 is 54.7. The summed E-state index contributed by atoms with van der Waals surface area (Å²) in [5.41, 5.74) is -0.853. The van der Waals surface area contributed by atoms with E-state index in [2.05, 4.69) is 15.3 Å². The minimum absolute atomic E-state index is 0.0785. The number of cyclic esters (lactones) is 1. The molecule has 3 fully saturated rings. The second-order valence-electron chi connectivity index (χ2n) is 9.89. The summed E-state index contributed by atoms with van der Waals surface area (Å²) in [4.78, 5) is 29.4. The van der Waals surface area contributed by atoms with Crippen LogP contribution in [-0.4, -0.2) is 60.7 Å². The number of rotatable bonds is 6. The van der Waals surface area contributed by atoms with Gasteiger partial charge in [0.15, 0.2) is 17.5 Å². The molecule has 1 amide bonds. The number of carbonyl (C=O) groups is 2. The van der Waals surface area contributed by atoms with Crippen molar-refractivity contribution in [1.29, 1.82) is 0 Å². The third kappa shape index (κ3) is 5.08. The Hall–Kier alpha value is -3.38. The normalized spacial score (nSPS) is 24.9. The summed E-state index contributed by atoms with van der Waals surface area (Å²) >= 11 is 0. The Balaban J connectivity index is 1.42. The monoisotopic (exact) mass is 523 g/mol. The minimum atomic E-state index is -4.83. The molecule has 5 rings (SSSR count). The maximum Gasteiger partial charge on any atom is 0.437 e. The van der Waals surface area contributed by atoms with Crippen molar-refractivity contribution in [3.8, 4) is 17.1 Å². The predicted octanol–water partition coefficient (Wildman–Crippen LogP) is 4.35. The number of amides is 1. The van der Waals surface area contributed by atoms with Crippen molar-refractivity contribution in [1.82, 2.24) is 24.9 Å². The van der Waals surface area contributed by atoms with E-state index in [0.717, 1.165) is 25.7 Å². The molecule has 1 saturated heterocycles. The smallest absolute Gasteiger partial charge is 0.437 e. The molecule has 1 N–H and O–H groups in total. The summed E-state index contributed by atoms with van der Waals surface area (Å²) in [6.45, 7) is 0.261. The van der Waals surface area contributed by atoms with Crippen molar-refractivity contribution < 1.29 is 37.3 Å².